The quantitative estimate of drug-likeness (QED) is 0.656. The largest absolute Gasteiger partial charge is 0.467 e. The van der Waals surface area contributed by atoms with Crippen molar-refractivity contribution in [2.24, 2.45) is 0 Å². The number of hydrogen-bond acceptors (Lipinski definition) is 3. The van der Waals surface area contributed by atoms with Crippen molar-refractivity contribution in [3.8, 4) is 5.19 Å². The van der Waals surface area contributed by atoms with Crippen molar-refractivity contribution >= 4 is 11.3 Å². The zero-order valence-corrected chi connectivity index (χ0v) is 7.23. The molecule has 0 aliphatic carbocycles. The van der Waals surface area contributed by atoms with Crippen LogP contribution in [0, 0.1) is 6.92 Å². The molecule has 56 valence electrons. The summed E-state index contributed by atoms with van der Waals surface area (Å²) < 4.78 is 5.34. The molecule has 0 aliphatic heterocycles. The molecule has 1 aromatic rings. The number of aryl methyl sites for hydroxylation is 1. The van der Waals surface area contributed by atoms with Crippen molar-refractivity contribution < 1.29 is 4.74 Å². The molecule has 0 fully saturated rings. The summed E-state index contributed by atoms with van der Waals surface area (Å²) >= 11 is 1.54. The van der Waals surface area contributed by atoms with Crippen LogP contribution in [0.5, 0.6) is 5.19 Å². The lowest BCUT2D eigenvalue weighted by molar-refractivity contribution is 0.241. The Bertz CT molecular complexity index is 207. The van der Waals surface area contributed by atoms with Gasteiger partial charge < -0.3 is 4.74 Å². The highest BCUT2D eigenvalue weighted by Crippen LogP contribution is 2.18. The number of nitrogens with zero attached hydrogens (tertiary/aromatic N) is 1. The van der Waals surface area contributed by atoms with Crippen LogP contribution in [0.15, 0.2) is 5.38 Å². The van der Waals surface area contributed by atoms with Crippen LogP contribution in [-0.2, 0) is 0 Å². The summed E-state index contributed by atoms with van der Waals surface area (Å²) in [7, 11) is 0. The molecule has 0 radical (unpaired) electrons. The van der Waals surface area contributed by atoms with Gasteiger partial charge in [-0.15, -0.1) is 0 Å². The van der Waals surface area contributed by atoms with Gasteiger partial charge in [-0.3, -0.25) is 0 Å². The fourth-order valence-electron chi connectivity index (χ4n) is 0.588. The summed E-state index contributed by atoms with van der Waals surface area (Å²) in [6, 6.07) is 0. The maximum absolute atomic E-state index is 5.34. The normalized spacial score (nSPS) is 10.4. The Morgan fingerprint density at radius 3 is 2.70 bits per heavy atom. The van der Waals surface area contributed by atoms with E-state index in [4.69, 9.17) is 4.74 Å². The van der Waals surface area contributed by atoms with Crippen LogP contribution in [0.2, 0.25) is 0 Å². The highest BCUT2D eigenvalue weighted by molar-refractivity contribution is 7.11. The molecule has 0 unspecified atom stereocenters. The van der Waals surface area contributed by atoms with E-state index in [2.05, 4.69) is 4.98 Å². The minimum absolute atomic E-state index is 0.227. The summed E-state index contributed by atoms with van der Waals surface area (Å²) in [6.07, 6.45) is 0.227. The van der Waals surface area contributed by atoms with Crippen molar-refractivity contribution in [2.45, 2.75) is 26.9 Å². The van der Waals surface area contributed by atoms with Gasteiger partial charge in [0.1, 0.15) is 0 Å². The van der Waals surface area contributed by atoms with Gasteiger partial charge in [-0.2, -0.15) is 0 Å². The summed E-state index contributed by atoms with van der Waals surface area (Å²) in [5.74, 6) is 0. The van der Waals surface area contributed by atoms with E-state index in [1.54, 1.807) is 11.3 Å². The average molecular weight is 157 g/mol. The molecule has 3 heteroatoms. The van der Waals surface area contributed by atoms with E-state index in [0.717, 1.165) is 10.9 Å². The molecule has 0 aliphatic rings. The molecule has 0 N–H and O–H groups in total. The number of hydrogen-bond donors (Lipinski definition) is 0. The molecule has 0 saturated carbocycles. The van der Waals surface area contributed by atoms with E-state index < -0.39 is 0 Å². The van der Waals surface area contributed by atoms with Crippen LogP contribution in [0.4, 0.5) is 0 Å². The Kier molecular flexibility index (Phi) is 2.27. The highest BCUT2D eigenvalue weighted by Gasteiger charge is 2.00. The molecule has 1 aromatic heterocycles. The predicted octanol–water partition coefficient (Wildman–Crippen LogP) is 2.24. The van der Waals surface area contributed by atoms with E-state index in [-0.39, 0.29) is 6.10 Å². The molecule has 0 saturated heterocycles. The molecule has 0 spiro atoms. The van der Waals surface area contributed by atoms with Crippen LogP contribution in [-0.4, -0.2) is 11.1 Å². The van der Waals surface area contributed by atoms with Crippen molar-refractivity contribution in [2.75, 3.05) is 0 Å². The third-order valence-electron chi connectivity index (χ3n) is 0.934. The second kappa shape index (κ2) is 3.01. The highest BCUT2D eigenvalue weighted by atomic mass is 32.1. The van der Waals surface area contributed by atoms with Gasteiger partial charge in [0.25, 0.3) is 5.19 Å². The summed E-state index contributed by atoms with van der Waals surface area (Å²) in [5.41, 5.74) is 1.03. The Balaban J connectivity index is 2.58. The second-order valence-electron chi connectivity index (χ2n) is 2.42. The van der Waals surface area contributed by atoms with Gasteiger partial charge in [0.2, 0.25) is 0 Å². The first-order chi connectivity index (χ1) is 4.68. The first-order valence-corrected chi connectivity index (χ1v) is 4.15. The standard InChI is InChI=1S/C7H11NOS/c1-5(2)9-7-8-6(3)4-10-7/h4-5H,1-3H3. The average Bonchev–Trinajstić information content (AvgIpc) is 2.13. The third kappa shape index (κ3) is 1.99. The smallest absolute Gasteiger partial charge is 0.273 e. The van der Waals surface area contributed by atoms with Gasteiger partial charge in [-0.1, -0.05) is 11.3 Å². The van der Waals surface area contributed by atoms with E-state index in [1.165, 1.54) is 0 Å². The molecule has 0 bridgehead atoms. The minimum Gasteiger partial charge on any atom is -0.467 e. The fraction of sp³-hybridized carbons (Fsp3) is 0.571. The molecular weight excluding hydrogens is 146 g/mol. The molecule has 0 amide bonds. The van der Waals surface area contributed by atoms with Gasteiger partial charge in [0.15, 0.2) is 0 Å². The molecule has 1 heterocycles. The number of aromatic nitrogens is 1. The van der Waals surface area contributed by atoms with Gasteiger partial charge in [-0.25, -0.2) is 4.98 Å². The van der Waals surface area contributed by atoms with Crippen LogP contribution in [0.25, 0.3) is 0 Å². The van der Waals surface area contributed by atoms with Crippen molar-refractivity contribution in [1.29, 1.82) is 0 Å². The maximum Gasteiger partial charge on any atom is 0.273 e. The lowest BCUT2D eigenvalue weighted by Gasteiger charge is -2.03. The van der Waals surface area contributed by atoms with Crippen molar-refractivity contribution in [3.05, 3.63) is 11.1 Å². The summed E-state index contributed by atoms with van der Waals surface area (Å²) in [5, 5.41) is 2.75. The van der Waals surface area contributed by atoms with Crippen LogP contribution in [0.1, 0.15) is 19.5 Å². The SMILES string of the molecule is Cc1csc(OC(C)C)n1. The topological polar surface area (TPSA) is 22.1 Å². The minimum atomic E-state index is 0.227. The van der Waals surface area contributed by atoms with Gasteiger partial charge >= 0.3 is 0 Å². The molecule has 0 atom stereocenters. The Labute approximate surface area is 64.9 Å². The summed E-state index contributed by atoms with van der Waals surface area (Å²) in [6.45, 7) is 5.96. The molecular formula is C7H11NOS. The lowest BCUT2D eigenvalue weighted by atomic mass is 10.5. The first-order valence-electron chi connectivity index (χ1n) is 3.27. The predicted molar refractivity (Wildman–Crippen MR) is 42.6 cm³/mol. The summed E-state index contributed by atoms with van der Waals surface area (Å²) in [4.78, 5) is 4.15. The number of rotatable bonds is 2. The first kappa shape index (κ1) is 7.54. The van der Waals surface area contributed by atoms with Gasteiger partial charge in [0, 0.05) is 5.38 Å². The third-order valence-corrected chi connectivity index (χ3v) is 1.78. The van der Waals surface area contributed by atoms with Gasteiger partial charge in [-0.05, 0) is 20.8 Å². The lowest BCUT2D eigenvalue weighted by Crippen LogP contribution is -2.04. The fourth-order valence-corrected chi connectivity index (χ4v) is 1.36. The second-order valence-corrected chi connectivity index (χ2v) is 3.24. The van der Waals surface area contributed by atoms with E-state index in [1.807, 2.05) is 26.2 Å². The number of ether oxygens (including phenoxy) is 1. The Morgan fingerprint density at radius 2 is 2.30 bits per heavy atom. The van der Waals surface area contributed by atoms with Crippen LogP contribution in [0.3, 0.4) is 0 Å². The van der Waals surface area contributed by atoms with Gasteiger partial charge in [0.05, 0.1) is 11.8 Å². The van der Waals surface area contributed by atoms with E-state index in [9.17, 15) is 0 Å². The van der Waals surface area contributed by atoms with E-state index >= 15 is 0 Å². The monoisotopic (exact) mass is 157 g/mol. The van der Waals surface area contributed by atoms with Crippen molar-refractivity contribution in [1.82, 2.24) is 4.98 Å². The van der Waals surface area contributed by atoms with Crippen molar-refractivity contribution in [3.63, 3.8) is 0 Å². The molecule has 0 aromatic carbocycles. The number of thiazole rings is 1. The molecule has 2 nitrogen and oxygen atoms in total. The zero-order valence-electron chi connectivity index (χ0n) is 6.42. The Morgan fingerprint density at radius 1 is 1.60 bits per heavy atom. The molecule has 10 heavy (non-hydrogen) atoms. The molecule has 1 rings (SSSR count). The van der Waals surface area contributed by atoms with Crippen LogP contribution >= 0.6 is 11.3 Å². The van der Waals surface area contributed by atoms with E-state index in [0.29, 0.717) is 0 Å². The van der Waals surface area contributed by atoms with Crippen LogP contribution < -0.4 is 4.74 Å². The Hall–Kier alpha value is -0.570. The maximum atomic E-state index is 5.34. The zero-order chi connectivity index (χ0) is 7.56.